The lowest BCUT2D eigenvalue weighted by molar-refractivity contribution is 0.101. The maximum Gasteiger partial charge on any atom is 0.165 e. The SMILES string of the molecule is CCCCCNc1nc(C(C)(C)C)ncc1C(C)=O. The second-order valence-corrected chi connectivity index (χ2v) is 5.90. The first-order chi connectivity index (χ1) is 8.86. The lowest BCUT2D eigenvalue weighted by Crippen LogP contribution is -2.19. The van der Waals surface area contributed by atoms with Gasteiger partial charge in [0.25, 0.3) is 0 Å². The number of carbonyl (C=O) groups is 1. The highest BCUT2D eigenvalue weighted by molar-refractivity contribution is 5.98. The van der Waals surface area contributed by atoms with Crippen LogP contribution in [0.1, 0.15) is 70.1 Å². The summed E-state index contributed by atoms with van der Waals surface area (Å²) in [6.45, 7) is 10.8. The predicted molar refractivity (Wildman–Crippen MR) is 78.8 cm³/mol. The molecule has 0 radical (unpaired) electrons. The Kier molecular flexibility index (Phi) is 5.45. The molecule has 0 aliphatic heterocycles. The Morgan fingerprint density at radius 3 is 2.53 bits per heavy atom. The van der Waals surface area contributed by atoms with Gasteiger partial charge in [0.15, 0.2) is 5.78 Å². The van der Waals surface area contributed by atoms with Crippen molar-refractivity contribution >= 4 is 11.6 Å². The van der Waals surface area contributed by atoms with Crippen LogP contribution in [0.2, 0.25) is 0 Å². The molecule has 4 nitrogen and oxygen atoms in total. The molecule has 1 aromatic rings. The molecule has 0 atom stereocenters. The Morgan fingerprint density at radius 1 is 1.32 bits per heavy atom. The van der Waals surface area contributed by atoms with Crippen LogP contribution in [0.5, 0.6) is 0 Å². The minimum atomic E-state index is -0.116. The third kappa shape index (κ3) is 4.62. The highest BCUT2D eigenvalue weighted by atomic mass is 16.1. The Labute approximate surface area is 116 Å². The minimum absolute atomic E-state index is 0.00143. The second kappa shape index (κ2) is 6.64. The fraction of sp³-hybridized carbons (Fsp3) is 0.667. The number of anilines is 1. The van der Waals surface area contributed by atoms with Crippen molar-refractivity contribution in [2.24, 2.45) is 0 Å². The van der Waals surface area contributed by atoms with E-state index < -0.39 is 0 Å². The Morgan fingerprint density at radius 2 is 2.00 bits per heavy atom. The summed E-state index contributed by atoms with van der Waals surface area (Å²) in [6.07, 6.45) is 5.08. The van der Waals surface area contributed by atoms with Gasteiger partial charge >= 0.3 is 0 Å². The van der Waals surface area contributed by atoms with E-state index in [2.05, 4.69) is 43.0 Å². The average Bonchev–Trinajstić information content (AvgIpc) is 2.33. The van der Waals surface area contributed by atoms with Gasteiger partial charge in [-0.15, -0.1) is 0 Å². The fourth-order valence-electron chi connectivity index (χ4n) is 1.72. The molecule has 19 heavy (non-hydrogen) atoms. The molecular weight excluding hydrogens is 238 g/mol. The number of Topliss-reactive ketones (excluding diaryl/α,β-unsaturated/α-hetero) is 1. The van der Waals surface area contributed by atoms with Crippen LogP contribution in [0.4, 0.5) is 5.82 Å². The number of nitrogens with one attached hydrogen (secondary N) is 1. The topological polar surface area (TPSA) is 54.9 Å². The summed E-state index contributed by atoms with van der Waals surface area (Å²) in [5.74, 6) is 1.43. The number of hydrogen-bond acceptors (Lipinski definition) is 4. The zero-order chi connectivity index (χ0) is 14.5. The first-order valence-electron chi connectivity index (χ1n) is 6.98. The number of unbranched alkanes of at least 4 members (excludes halogenated alkanes) is 2. The van der Waals surface area contributed by atoms with Crippen LogP contribution in [0.25, 0.3) is 0 Å². The summed E-state index contributed by atoms with van der Waals surface area (Å²) >= 11 is 0. The normalized spacial score (nSPS) is 11.4. The van der Waals surface area contributed by atoms with Crippen LogP contribution in [0.3, 0.4) is 0 Å². The minimum Gasteiger partial charge on any atom is -0.369 e. The average molecular weight is 263 g/mol. The van der Waals surface area contributed by atoms with Crippen molar-refractivity contribution in [3.05, 3.63) is 17.6 Å². The van der Waals surface area contributed by atoms with E-state index >= 15 is 0 Å². The molecule has 0 unspecified atom stereocenters. The first kappa shape index (κ1) is 15.6. The van der Waals surface area contributed by atoms with Gasteiger partial charge in [0.05, 0.1) is 5.56 Å². The van der Waals surface area contributed by atoms with Crippen molar-refractivity contribution < 1.29 is 4.79 Å². The molecule has 0 amide bonds. The Hall–Kier alpha value is -1.45. The molecule has 0 aliphatic rings. The molecule has 4 heteroatoms. The number of aromatic nitrogens is 2. The van der Waals surface area contributed by atoms with E-state index in [1.165, 1.54) is 12.8 Å². The molecule has 1 aromatic heterocycles. The van der Waals surface area contributed by atoms with Gasteiger partial charge in [-0.3, -0.25) is 4.79 Å². The maximum absolute atomic E-state index is 11.6. The molecular formula is C15H25N3O. The molecule has 0 aliphatic carbocycles. The molecule has 0 spiro atoms. The summed E-state index contributed by atoms with van der Waals surface area (Å²) in [5.41, 5.74) is 0.458. The van der Waals surface area contributed by atoms with E-state index in [1.54, 1.807) is 13.1 Å². The van der Waals surface area contributed by atoms with Gasteiger partial charge in [0.2, 0.25) is 0 Å². The van der Waals surface area contributed by atoms with Crippen LogP contribution in [-0.2, 0) is 5.41 Å². The smallest absolute Gasteiger partial charge is 0.165 e. The number of hydrogen-bond donors (Lipinski definition) is 1. The molecule has 1 rings (SSSR count). The van der Waals surface area contributed by atoms with Crippen molar-refractivity contribution in [2.45, 2.75) is 59.3 Å². The van der Waals surface area contributed by atoms with Gasteiger partial charge in [-0.05, 0) is 13.3 Å². The van der Waals surface area contributed by atoms with Crippen LogP contribution in [0, 0.1) is 0 Å². The molecule has 106 valence electrons. The van der Waals surface area contributed by atoms with E-state index in [0.717, 1.165) is 18.8 Å². The highest BCUT2D eigenvalue weighted by Crippen LogP contribution is 2.21. The quantitative estimate of drug-likeness (QED) is 0.629. The van der Waals surface area contributed by atoms with E-state index in [1.807, 2.05) is 0 Å². The van der Waals surface area contributed by atoms with Gasteiger partial charge < -0.3 is 5.32 Å². The molecule has 1 heterocycles. The van der Waals surface area contributed by atoms with Crippen LogP contribution >= 0.6 is 0 Å². The fourth-order valence-corrected chi connectivity index (χ4v) is 1.72. The molecule has 0 saturated carbocycles. The van der Waals surface area contributed by atoms with Crippen LogP contribution < -0.4 is 5.32 Å². The second-order valence-electron chi connectivity index (χ2n) is 5.90. The van der Waals surface area contributed by atoms with Crippen molar-refractivity contribution in [1.29, 1.82) is 0 Å². The zero-order valence-corrected chi connectivity index (χ0v) is 12.7. The maximum atomic E-state index is 11.6. The predicted octanol–water partition coefficient (Wildman–Crippen LogP) is 3.58. The van der Waals surface area contributed by atoms with Gasteiger partial charge in [0.1, 0.15) is 11.6 Å². The Bertz CT molecular complexity index is 436. The summed E-state index contributed by atoms with van der Waals surface area (Å²) in [7, 11) is 0. The largest absolute Gasteiger partial charge is 0.369 e. The third-order valence-electron chi connectivity index (χ3n) is 2.91. The number of carbonyl (C=O) groups excluding carboxylic acids is 1. The molecule has 0 bridgehead atoms. The highest BCUT2D eigenvalue weighted by Gasteiger charge is 2.20. The number of ketones is 1. The zero-order valence-electron chi connectivity index (χ0n) is 12.7. The van der Waals surface area contributed by atoms with E-state index in [0.29, 0.717) is 11.4 Å². The van der Waals surface area contributed by atoms with Gasteiger partial charge in [-0.1, -0.05) is 40.5 Å². The molecule has 0 fully saturated rings. The van der Waals surface area contributed by atoms with Crippen molar-refractivity contribution in [2.75, 3.05) is 11.9 Å². The van der Waals surface area contributed by atoms with Crippen molar-refractivity contribution in [1.82, 2.24) is 9.97 Å². The summed E-state index contributed by atoms with van der Waals surface area (Å²) < 4.78 is 0. The standard InChI is InChI=1S/C15H25N3O/c1-6-7-8-9-16-13-12(11(2)19)10-17-14(18-13)15(3,4)5/h10H,6-9H2,1-5H3,(H,16,17,18). The molecule has 0 saturated heterocycles. The lowest BCUT2D eigenvalue weighted by Gasteiger charge is -2.18. The van der Waals surface area contributed by atoms with E-state index in [4.69, 9.17) is 0 Å². The van der Waals surface area contributed by atoms with Gasteiger partial charge in [-0.2, -0.15) is 0 Å². The van der Waals surface area contributed by atoms with Gasteiger partial charge in [-0.25, -0.2) is 9.97 Å². The Balaban J connectivity index is 2.93. The third-order valence-corrected chi connectivity index (χ3v) is 2.91. The first-order valence-corrected chi connectivity index (χ1v) is 6.98. The summed E-state index contributed by atoms with van der Waals surface area (Å²) in [4.78, 5) is 20.4. The van der Waals surface area contributed by atoms with Gasteiger partial charge in [0, 0.05) is 18.2 Å². The summed E-state index contributed by atoms with van der Waals surface area (Å²) in [5, 5.41) is 3.27. The van der Waals surface area contributed by atoms with E-state index in [9.17, 15) is 4.79 Å². The van der Waals surface area contributed by atoms with Crippen LogP contribution in [-0.4, -0.2) is 22.3 Å². The van der Waals surface area contributed by atoms with E-state index in [-0.39, 0.29) is 11.2 Å². The summed E-state index contributed by atoms with van der Waals surface area (Å²) in [6, 6.07) is 0. The number of nitrogens with zero attached hydrogens (tertiary/aromatic N) is 2. The lowest BCUT2D eigenvalue weighted by atomic mass is 9.95. The molecule has 1 N–H and O–H groups in total. The van der Waals surface area contributed by atoms with Crippen molar-refractivity contribution in [3.63, 3.8) is 0 Å². The number of rotatable bonds is 6. The van der Waals surface area contributed by atoms with Crippen LogP contribution in [0.15, 0.2) is 6.20 Å². The van der Waals surface area contributed by atoms with Crippen molar-refractivity contribution in [3.8, 4) is 0 Å². The monoisotopic (exact) mass is 263 g/mol. The molecule has 0 aromatic carbocycles.